The number of rotatable bonds is 4. The summed E-state index contributed by atoms with van der Waals surface area (Å²) in [5.74, 6) is -0.339. The van der Waals surface area contributed by atoms with E-state index in [0.717, 1.165) is 5.56 Å². The van der Waals surface area contributed by atoms with E-state index in [0.29, 0.717) is 6.54 Å². The van der Waals surface area contributed by atoms with Gasteiger partial charge in [0, 0.05) is 13.0 Å². The smallest absolute Gasteiger partial charge is 0.410 e. The van der Waals surface area contributed by atoms with Gasteiger partial charge >= 0.3 is 6.09 Å². The Kier molecular flexibility index (Phi) is 5.14. The monoisotopic (exact) mass is 294 g/mol. The molecule has 1 saturated heterocycles. The van der Waals surface area contributed by atoms with E-state index in [1.54, 1.807) is 6.92 Å². The van der Waals surface area contributed by atoms with Crippen LogP contribution in [0.1, 0.15) is 18.9 Å². The fourth-order valence-corrected chi connectivity index (χ4v) is 2.33. The van der Waals surface area contributed by atoms with Crippen LogP contribution in [0, 0.1) is 0 Å². The van der Waals surface area contributed by atoms with Gasteiger partial charge in [0.2, 0.25) is 5.91 Å². The molecule has 2 amide bonds. The SMILES string of the molecule is CCNC(=O)[C@@H]1CC(F)CN1C(=O)OCc1ccccc1. The second kappa shape index (κ2) is 7.06. The van der Waals surface area contributed by atoms with Gasteiger partial charge in [-0.1, -0.05) is 30.3 Å². The number of hydrogen-bond acceptors (Lipinski definition) is 3. The zero-order valence-electron chi connectivity index (χ0n) is 11.9. The van der Waals surface area contributed by atoms with Crippen molar-refractivity contribution in [3.05, 3.63) is 35.9 Å². The molecule has 1 fully saturated rings. The highest BCUT2D eigenvalue weighted by atomic mass is 19.1. The molecule has 2 atom stereocenters. The summed E-state index contributed by atoms with van der Waals surface area (Å²) in [6.45, 7) is 2.22. The number of halogens is 1. The average molecular weight is 294 g/mol. The largest absolute Gasteiger partial charge is 0.445 e. The van der Waals surface area contributed by atoms with E-state index in [1.165, 1.54) is 4.90 Å². The maximum absolute atomic E-state index is 13.5. The normalized spacial score (nSPS) is 21.1. The van der Waals surface area contributed by atoms with Crippen molar-refractivity contribution in [3.63, 3.8) is 0 Å². The number of benzene rings is 1. The van der Waals surface area contributed by atoms with E-state index in [1.807, 2.05) is 30.3 Å². The number of likely N-dealkylation sites (N-methyl/N-ethyl adjacent to an activating group) is 1. The third-order valence-electron chi connectivity index (χ3n) is 3.34. The summed E-state index contributed by atoms with van der Waals surface area (Å²) >= 11 is 0. The van der Waals surface area contributed by atoms with Gasteiger partial charge in [0.15, 0.2) is 0 Å². The van der Waals surface area contributed by atoms with Crippen molar-refractivity contribution in [2.45, 2.75) is 32.2 Å². The van der Waals surface area contributed by atoms with Crippen molar-refractivity contribution < 1.29 is 18.7 Å². The van der Waals surface area contributed by atoms with Crippen molar-refractivity contribution in [3.8, 4) is 0 Å². The van der Waals surface area contributed by atoms with E-state index in [2.05, 4.69) is 5.32 Å². The lowest BCUT2D eigenvalue weighted by atomic mass is 10.2. The molecule has 1 aromatic carbocycles. The van der Waals surface area contributed by atoms with E-state index in [4.69, 9.17) is 4.74 Å². The molecule has 0 radical (unpaired) electrons. The maximum atomic E-state index is 13.5. The molecule has 1 heterocycles. The summed E-state index contributed by atoms with van der Waals surface area (Å²) in [6.07, 6.45) is -1.83. The number of amides is 2. The summed E-state index contributed by atoms with van der Waals surface area (Å²) in [6, 6.07) is 8.42. The van der Waals surface area contributed by atoms with Gasteiger partial charge < -0.3 is 10.1 Å². The fraction of sp³-hybridized carbons (Fsp3) is 0.467. The van der Waals surface area contributed by atoms with Gasteiger partial charge in [-0.25, -0.2) is 9.18 Å². The van der Waals surface area contributed by atoms with Gasteiger partial charge in [-0.3, -0.25) is 9.69 Å². The first-order valence-electron chi connectivity index (χ1n) is 7.01. The highest BCUT2D eigenvalue weighted by Gasteiger charge is 2.40. The minimum Gasteiger partial charge on any atom is -0.445 e. The Morgan fingerprint density at radius 2 is 2.10 bits per heavy atom. The van der Waals surface area contributed by atoms with Crippen molar-refractivity contribution in [1.82, 2.24) is 10.2 Å². The number of likely N-dealkylation sites (tertiary alicyclic amines) is 1. The molecule has 21 heavy (non-hydrogen) atoms. The molecule has 1 aliphatic rings. The molecule has 0 aromatic heterocycles. The highest BCUT2D eigenvalue weighted by molar-refractivity contribution is 5.86. The molecule has 1 unspecified atom stereocenters. The lowest BCUT2D eigenvalue weighted by Crippen LogP contribution is -2.46. The Bertz CT molecular complexity index is 495. The molecule has 1 aromatic rings. The molecule has 0 saturated carbocycles. The van der Waals surface area contributed by atoms with Gasteiger partial charge in [-0.2, -0.15) is 0 Å². The van der Waals surface area contributed by atoms with Crippen LogP contribution in [0.2, 0.25) is 0 Å². The quantitative estimate of drug-likeness (QED) is 0.922. The highest BCUT2D eigenvalue weighted by Crippen LogP contribution is 2.22. The zero-order valence-corrected chi connectivity index (χ0v) is 11.9. The summed E-state index contributed by atoms with van der Waals surface area (Å²) in [5.41, 5.74) is 0.844. The Morgan fingerprint density at radius 1 is 1.38 bits per heavy atom. The fourth-order valence-electron chi connectivity index (χ4n) is 2.33. The van der Waals surface area contributed by atoms with Crippen LogP contribution in [0.25, 0.3) is 0 Å². The molecule has 0 aliphatic carbocycles. The van der Waals surface area contributed by atoms with Crippen LogP contribution in [-0.2, 0) is 16.1 Å². The molecular formula is C15H19FN2O3. The van der Waals surface area contributed by atoms with Crippen LogP contribution < -0.4 is 5.32 Å². The van der Waals surface area contributed by atoms with Gasteiger partial charge in [0.25, 0.3) is 0 Å². The van der Waals surface area contributed by atoms with Crippen molar-refractivity contribution in [2.75, 3.05) is 13.1 Å². The summed E-state index contributed by atoms with van der Waals surface area (Å²) in [4.78, 5) is 25.1. The van der Waals surface area contributed by atoms with Crippen molar-refractivity contribution in [1.29, 1.82) is 0 Å². The topological polar surface area (TPSA) is 58.6 Å². The summed E-state index contributed by atoms with van der Waals surface area (Å²) < 4.78 is 18.7. The lowest BCUT2D eigenvalue weighted by molar-refractivity contribution is -0.125. The first kappa shape index (κ1) is 15.3. The number of alkyl halides is 1. The van der Waals surface area contributed by atoms with E-state index in [-0.39, 0.29) is 25.5 Å². The first-order chi connectivity index (χ1) is 10.1. The first-order valence-corrected chi connectivity index (χ1v) is 7.01. The third kappa shape index (κ3) is 3.93. The molecule has 0 spiro atoms. The number of nitrogens with zero attached hydrogens (tertiary/aromatic N) is 1. The van der Waals surface area contributed by atoms with E-state index >= 15 is 0 Å². The Labute approximate surface area is 123 Å². The Hall–Kier alpha value is -2.11. The van der Waals surface area contributed by atoms with Gasteiger partial charge in [-0.05, 0) is 12.5 Å². The third-order valence-corrected chi connectivity index (χ3v) is 3.34. The molecule has 1 N–H and O–H groups in total. The number of hydrogen-bond donors (Lipinski definition) is 1. The van der Waals surface area contributed by atoms with Crippen LogP contribution in [0.15, 0.2) is 30.3 Å². The van der Waals surface area contributed by atoms with Crippen LogP contribution in [0.5, 0.6) is 0 Å². The Balaban J connectivity index is 1.94. The molecule has 1 aliphatic heterocycles. The molecule has 5 nitrogen and oxygen atoms in total. The maximum Gasteiger partial charge on any atom is 0.410 e. The average Bonchev–Trinajstić information content (AvgIpc) is 2.88. The van der Waals surface area contributed by atoms with Crippen molar-refractivity contribution in [2.24, 2.45) is 0 Å². The predicted molar refractivity (Wildman–Crippen MR) is 75.3 cm³/mol. The van der Waals surface area contributed by atoms with E-state index < -0.39 is 18.3 Å². The number of nitrogens with one attached hydrogen (secondary N) is 1. The molecule has 114 valence electrons. The summed E-state index contributed by atoms with van der Waals surface area (Å²) in [7, 11) is 0. The van der Waals surface area contributed by atoms with Crippen LogP contribution in [-0.4, -0.2) is 42.2 Å². The second-order valence-electron chi connectivity index (χ2n) is 4.94. The van der Waals surface area contributed by atoms with Crippen LogP contribution >= 0.6 is 0 Å². The molecule has 0 bridgehead atoms. The number of carbonyl (C=O) groups excluding carboxylic acids is 2. The minimum absolute atomic E-state index is 0.0201. The van der Waals surface area contributed by atoms with Gasteiger partial charge in [0.05, 0.1) is 6.54 Å². The minimum atomic E-state index is -1.19. The molecule has 6 heteroatoms. The second-order valence-corrected chi connectivity index (χ2v) is 4.94. The van der Waals surface area contributed by atoms with Crippen LogP contribution in [0.4, 0.5) is 9.18 Å². The summed E-state index contributed by atoms with van der Waals surface area (Å²) in [5, 5.41) is 2.61. The van der Waals surface area contributed by atoms with Crippen LogP contribution in [0.3, 0.4) is 0 Å². The van der Waals surface area contributed by atoms with Gasteiger partial charge in [-0.15, -0.1) is 0 Å². The number of ether oxygens (including phenoxy) is 1. The van der Waals surface area contributed by atoms with E-state index in [9.17, 15) is 14.0 Å². The predicted octanol–water partition coefficient (Wildman–Crippen LogP) is 1.87. The lowest BCUT2D eigenvalue weighted by Gasteiger charge is -2.22. The Morgan fingerprint density at radius 3 is 2.76 bits per heavy atom. The standard InChI is InChI=1S/C15H19FN2O3/c1-2-17-14(19)13-8-12(16)9-18(13)15(20)21-10-11-6-4-3-5-7-11/h3-7,12-13H,2,8-10H2,1H3,(H,17,19)/t12?,13-/m0/s1. The molecular weight excluding hydrogens is 275 g/mol. The number of carbonyl (C=O) groups is 2. The molecule has 2 rings (SSSR count). The van der Waals surface area contributed by atoms with Crippen molar-refractivity contribution >= 4 is 12.0 Å². The zero-order chi connectivity index (χ0) is 15.2. The van der Waals surface area contributed by atoms with Gasteiger partial charge in [0.1, 0.15) is 18.8 Å².